The van der Waals surface area contributed by atoms with Crippen LogP contribution in [0.2, 0.25) is 10.0 Å². The second-order valence-corrected chi connectivity index (χ2v) is 5.70. The van der Waals surface area contributed by atoms with Gasteiger partial charge in [-0.3, -0.25) is 4.79 Å². The quantitative estimate of drug-likeness (QED) is 0.704. The van der Waals surface area contributed by atoms with Gasteiger partial charge in [-0.05, 0) is 30.3 Å². The molecule has 0 aliphatic rings. The number of carbonyl (C=O) groups is 1. The topological polar surface area (TPSA) is 66.9 Å². The molecule has 3 rings (SSSR count). The van der Waals surface area contributed by atoms with Gasteiger partial charge in [0.25, 0.3) is 5.91 Å². The predicted molar refractivity (Wildman–Crippen MR) is 96.2 cm³/mol. The van der Waals surface area contributed by atoms with E-state index in [4.69, 9.17) is 23.2 Å². The zero-order valence-electron chi connectivity index (χ0n) is 12.3. The largest absolute Gasteiger partial charge is 0.340 e. The zero-order chi connectivity index (χ0) is 16.9. The first-order chi connectivity index (χ1) is 11.6. The molecular formula is C17H12Cl2N4O. The van der Waals surface area contributed by atoms with Gasteiger partial charge < -0.3 is 10.6 Å². The molecule has 3 aromatic rings. The lowest BCUT2D eigenvalue weighted by Crippen LogP contribution is -2.14. The molecule has 0 saturated heterocycles. The Bertz CT molecular complexity index is 886. The molecular weight excluding hydrogens is 347 g/mol. The molecule has 0 unspecified atom stereocenters. The Kier molecular flexibility index (Phi) is 4.93. The highest BCUT2D eigenvalue weighted by Gasteiger charge is 2.11. The van der Waals surface area contributed by atoms with Crippen LogP contribution in [0.1, 0.15) is 10.5 Å². The number of rotatable bonds is 4. The molecule has 0 radical (unpaired) electrons. The van der Waals surface area contributed by atoms with Gasteiger partial charge in [-0.25, -0.2) is 9.97 Å². The Morgan fingerprint density at radius 3 is 2.58 bits per heavy atom. The van der Waals surface area contributed by atoms with Crippen LogP contribution in [0.3, 0.4) is 0 Å². The Morgan fingerprint density at radius 1 is 0.958 bits per heavy atom. The average molecular weight is 359 g/mol. The molecule has 0 aliphatic carbocycles. The summed E-state index contributed by atoms with van der Waals surface area (Å²) < 4.78 is 0. The summed E-state index contributed by atoms with van der Waals surface area (Å²) >= 11 is 12.0. The van der Waals surface area contributed by atoms with Crippen molar-refractivity contribution >= 4 is 46.3 Å². The van der Waals surface area contributed by atoms with Gasteiger partial charge in [0, 0.05) is 16.8 Å². The van der Waals surface area contributed by atoms with Gasteiger partial charge in [-0.1, -0.05) is 41.4 Å². The fraction of sp³-hybridized carbons (Fsp3) is 0. The summed E-state index contributed by atoms with van der Waals surface area (Å²) in [6.45, 7) is 0. The standard InChI is InChI=1S/C17H12Cl2N4O/c18-11-4-3-5-12(8-11)22-16-9-15(20-10-21-16)17(24)23-14-7-2-1-6-13(14)19/h1-10H,(H,23,24)(H,20,21,22). The maximum absolute atomic E-state index is 12.3. The molecule has 0 atom stereocenters. The number of amides is 1. The van der Waals surface area contributed by atoms with Crippen molar-refractivity contribution in [2.75, 3.05) is 10.6 Å². The molecule has 2 aromatic carbocycles. The number of halogens is 2. The summed E-state index contributed by atoms with van der Waals surface area (Å²) in [4.78, 5) is 20.4. The first-order valence-electron chi connectivity index (χ1n) is 7.02. The number of hydrogen-bond donors (Lipinski definition) is 2. The lowest BCUT2D eigenvalue weighted by atomic mass is 10.3. The highest BCUT2D eigenvalue weighted by atomic mass is 35.5. The summed E-state index contributed by atoms with van der Waals surface area (Å²) in [6.07, 6.45) is 1.31. The molecule has 1 aromatic heterocycles. The van der Waals surface area contributed by atoms with Gasteiger partial charge in [0.1, 0.15) is 17.8 Å². The second-order valence-electron chi connectivity index (χ2n) is 4.86. The third-order valence-electron chi connectivity index (χ3n) is 3.12. The van der Waals surface area contributed by atoms with Crippen LogP contribution in [0.15, 0.2) is 60.9 Å². The van der Waals surface area contributed by atoms with Crippen molar-refractivity contribution in [1.29, 1.82) is 0 Å². The van der Waals surface area contributed by atoms with Crippen LogP contribution in [0.25, 0.3) is 0 Å². The predicted octanol–water partition coefficient (Wildman–Crippen LogP) is 4.78. The van der Waals surface area contributed by atoms with Crippen molar-refractivity contribution < 1.29 is 4.79 Å². The van der Waals surface area contributed by atoms with E-state index in [2.05, 4.69) is 20.6 Å². The van der Waals surface area contributed by atoms with Crippen LogP contribution < -0.4 is 10.6 Å². The molecule has 0 fully saturated rings. The minimum atomic E-state index is -0.375. The van der Waals surface area contributed by atoms with E-state index in [0.29, 0.717) is 21.6 Å². The van der Waals surface area contributed by atoms with Crippen molar-refractivity contribution in [3.8, 4) is 0 Å². The Hall–Kier alpha value is -2.63. The molecule has 1 amide bonds. The third-order valence-corrected chi connectivity index (χ3v) is 3.68. The maximum atomic E-state index is 12.3. The molecule has 0 spiro atoms. The maximum Gasteiger partial charge on any atom is 0.274 e. The molecule has 120 valence electrons. The van der Waals surface area contributed by atoms with Crippen molar-refractivity contribution in [3.05, 3.63) is 76.7 Å². The number of benzene rings is 2. The Labute approximate surface area is 148 Å². The molecule has 5 nitrogen and oxygen atoms in total. The van der Waals surface area contributed by atoms with E-state index in [9.17, 15) is 4.79 Å². The van der Waals surface area contributed by atoms with Gasteiger partial charge in [0.15, 0.2) is 0 Å². The number of nitrogens with zero attached hydrogens (tertiary/aromatic N) is 2. The van der Waals surface area contributed by atoms with Gasteiger partial charge in [0.2, 0.25) is 0 Å². The smallest absolute Gasteiger partial charge is 0.274 e. The molecule has 0 bridgehead atoms. The van der Waals surface area contributed by atoms with Crippen LogP contribution in [0.4, 0.5) is 17.2 Å². The third kappa shape index (κ3) is 4.01. The first-order valence-corrected chi connectivity index (χ1v) is 7.78. The van der Waals surface area contributed by atoms with E-state index in [1.807, 2.05) is 12.1 Å². The number of carbonyl (C=O) groups excluding carboxylic acids is 1. The number of para-hydroxylation sites is 1. The highest BCUT2D eigenvalue weighted by molar-refractivity contribution is 6.33. The fourth-order valence-electron chi connectivity index (χ4n) is 2.01. The molecule has 0 aliphatic heterocycles. The molecule has 24 heavy (non-hydrogen) atoms. The lowest BCUT2D eigenvalue weighted by molar-refractivity contribution is 0.102. The van der Waals surface area contributed by atoms with E-state index >= 15 is 0 Å². The fourth-order valence-corrected chi connectivity index (χ4v) is 2.39. The SMILES string of the molecule is O=C(Nc1ccccc1Cl)c1cc(Nc2cccc(Cl)c2)ncn1. The number of nitrogens with one attached hydrogen (secondary N) is 2. The van der Waals surface area contributed by atoms with Gasteiger partial charge >= 0.3 is 0 Å². The molecule has 0 saturated carbocycles. The Balaban J connectivity index is 1.77. The zero-order valence-corrected chi connectivity index (χ0v) is 13.8. The van der Waals surface area contributed by atoms with Crippen LogP contribution in [0, 0.1) is 0 Å². The minimum Gasteiger partial charge on any atom is -0.340 e. The van der Waals surface area contributed by atoms with Crippen molar-refractivity contribution in [1.82, 2.24) is 9.97 Å². The summed E-state index contributed by atoms with van der Waals surface area (Å²) in [5, 5.41) is 6.85. The molecule has 2 N–H and O–H groups in total. The number of aromatic nitrogens is 2. The highest BCUT2D eigenvalue weighted by Crippen LogP contribution is 2.22. The van der Waals surface area contributed by atoms with E-state index in [1.54, 1.807) is 42.5 Å². The summed E-state index contributed by atoms with van der Waals surface area (Å²) in [6, 6.07) is 15.7. The normalized spacial score (nSPS) is 10.2. The number of anilines is 3. The van der Waals surface area contributed by atoms with Crippen LogP contribution in [-0.4, -0.2) is 15.9 Å². The average Bonchev–Trinajstić information content (AvgIpc) is 2.57. The number of hydrogen-bond acceptors (Lipinski definition) is 4. The van der Waals surface area contributed by atoms with Gasteiger partial charge in [0.05, 0.1) is 10.7 Å². The van der Waals surface area contributed by atoms with Crippen LogP contribution in [-0.2, 0) is 0 Å². The lowest BCUT2D eigenvalue weighted by Gasteiger charge is -2.08. The summed E-state index contributed by atoms with van der Waals surface area (Å²) in [5.74, 6) is 0.108. The van der Waals surface area contributed by atoms with E-state index in [0.717, 1.165) is 5.69 Å². The molecule has 7 heteroatoms. The van der Waals surface area contributed by atoms with Crippen molar-refractivity contribution in [2.45, 2.75) is 0 Å². The monoisotopic (exact) mass is 358 g/mol. The Morgan fingerprint density at radius 2 is 1.79 bits per heavy atom. The van der Waals surface area contributed by atoms with E-state index in [1.165, 1.54) is 6.33 Å². The molecule has 1 heterocycles. The van der Waals surface area contributed by atoms with Crippen LogP contribution in [0.5, 0.6) is 0 Å². The van der Waals surface area contributed by atoms with E-state index < -0.39 is 0 Å². The van der Waals surface area contributed by atoms with Gasteiger partial charge in [-0.15, -0.1) is 0 Å². The van der Waals surface area contributed by atoms with Crippen molar-refractivity contribution in [2.24, 2.45) is 0 Å². The second kappa shape index (κ2) is 7.29. The summed E-state index contributed by atoms with van der Waals surface area (Å²) in [7, 11) is 0. The van der Waals surface area contributed by atoms with Crippen LogP contribution >= 0.6 is 23.2 Å². The summed E-state index contributed by atoms with van der Waals surface area (Å²) in [5.41, 5.74) is 1.50. The minimum absolute atomic E-state index is 0.217. The van der Waals surface area contributed by atoms with Gasteiger partial charge in [-0.2, -0.15) is 0 Å². The first kappa shape index (κ1) is 16.2. The van der Waals surface area contributed by atoms with Crippen molar-refractivity contribution in [3.63, 3.8) is 0 Å². The van der Waals surface area contributed by atoms with E-state index in [-0.39, 0.29) is 11.6 Å².